The highest BCUT2D eigenvalue weighted by Crippen LogP contribution is 2.30. The minimum Gasteiger partial charge on any atom is -0.0619 e. The summed E-state index contributed by atoms with van der Waals surface area (Å²) < 4.78 is 1.33. The van der Waals surface area contributed by atoms with Gasteiger partial charge in [0.15, 0.2) is 0 Å². The van der Waals surface area contributed by atoms with E-state index in [4.69, 9.17) is 0 Å². The first-order valence-corrected chi connectivity index (χ1v) is 7.03. The molecule has 0 amide bonds. The molecule has 0 aliphatic rings. The van der Waals surface area contributed by atoms with Crippen molar-refractivity contribution in [2.75, 3.05) is 0 Å². The van der Waals surface area contributed by atoms with Crippen LogP contribution in [0.5, 0.6) is 0 Å². The maximum absolute atomic E-state index is 2.41. The minimum absolute atomic E-state index is 0.560. The monoisotopic (exact) mass is 336 g/mol. The zero-order valence-corrected chi connectivity index (χ0v) is 12.7. The van der Waals surface area contributed by atoms with E-state index < -0.39 is 0 Å². The number of rotatable bonds is 2. The van der Waals surface area contributed by atoms with Crippen molar-refractivity contribution < 1.29 is 0 Å². The van der Waals surface area contributed by atoms with Crippen molar-refractivity contribution in [1.29, 1.82) is 0 Å². The summed E-state index contributed by atoms with van der Waals surface area (Å²) in [6.07, 6.45) is 0. The van der Waals surface area contributed by atoms with Crippen molar-refractivity contribution in [3.05, 3.63) is 57.2 Å². The molecule has 2 rings (SSSR count). The average molecular weight is 336 g/mol. The van der Waals surface area contributed by atoms with E-state index in [1.54, 1.807) is 0 Å². The van der Waals surface area contributed by atoms with Gasteiger partial charge in [-0.25, -0.2) is 0 Å². The predicted molar refractivity (Wildman–Crippen MR) is 83.4 cm³/mol. The predicted octanol–water partition coefficient (Wildman–Crippen LogP) is 5.39. The van der Waals surface area contributed by atoms with E-state index in [1.807, 2.05) is 0 Å². The van der Waals surface area contributed by atoms with Crippen LogP contribution in [0.2, 0.25) is 0 Å². The lowest BCUT2D eigenvalue weighted by molar-refractivity contribution is 0.869. The first-order valence-electron chi connectivity index (χ1n) is 5.95. The quantitative estimate of drug-likeness (QED) is 0.645. The molecule has 2 aromatic carbocycles. The SMILES string of the molecule is Cc1ccc(-c2ccccc2C(C)C)cc1I. The van der Waals surface area contributed by atoms with Gasteiger partial charge in [-0.3, -0.25) is 0 Å². The third-order valence-corrected chi connectivity index (χ3v) is 4.23. The fourth-order valence-electron chi connectivity index (χ4n) is 2.02. The van der Waals surface area contributed by atoms with Gasteiger partial charge in [0.25, 0.3) is 0 Å². The first-order chi connectivity index (χ1) is 8.09. The molecule has 0 atom stereocenters. The zero-order valence-electron chi connectivity index (χ0n) is 10.5. The van der Waals surface area contributed by atoms with Crippen molar-refractivity contribution in [3.8, 4) is 11.1 Å². The van der Waals surface area contributed by atoms with E-state index in [1.165, 1.54) is 25.8 Å². The molecule has 0 heterocycles. The Balaban J connectivity index is 2.56. The van der Waals surface area contributed by atoms with Crippen LogP contribution in [0.4, 0.5) is 0 Å². The molecule has 0 aliphatic heterocycles. The molecule has 88 valence electrons. The molecule has 0 nitrogen and oxygen atoms in total. The summed E-state index contributed by atoms with van der Waals surface area (Å²) in [5.41, 5.74) is 5.45. The Hall–Kier alpha value is -0.830. The van der Waals surface area contributed by atoms with Crippen molar-refractivity contribution in [1.82, 2.24) is 0 Å². The maximum Gasteiger partial charge on any atom is 0.0165 e. The van der Waals surface area contributed by atoms with E-state index in [9.17, 15) is 0 Å². The van der Waals surface area contributed by atoms with Crippen LogP contribution in [0, 0.1) is 10.5 Å². The van der Waals surface area contributed by atoms with E-state index in [2.05, 4.69) is 85.8 Å². The molecule has 0 bridgehead atoms. The smallest absolute Gasteiger partial charge is 0.0165 e. The van der Waals surface area contributed by atoms with Crippen LogP contribution in [0.3, 0.4) is 0 Å². The second-order valence-corrected chi connectivity index (χ2v) is 5.87. The summed E-state index contributed by atoms with van der Waals surface area (Å²) >= 11 is 2.41. The average Bonchev–Trinajstić information content (AvgIpc) is 2.32. The molecule has 1 heteroatoms. The molecule has 0 unspecified atom stereocenters. The Kier molecular flexibility index (Phi) is 3.87. The molecule has 2 aromatic rings. The molecule has 0 aromatic heterocycles. The molecule has 0 saturated heterocycles. The minimum atomic E-state index is 0.560. The highest BCUT2D eigenvalue weighted by atomic mass is 127. The number of benzene rings is 2. The van der Waals surface area contributed by atoms with Gasteiger partial charge in [0, 0.05) is 3.57 Å². The second-order valence-electron chi connectivity index (χ2n) is 4.71. The molecular weight excluding hydrogens is 319 g/mol. The zero-order chi connectivity index (χ0) is 12.4. The van der Waals surface area contributed by atoms with E-state index in [0.717, 1.165) is 0 Å². The lowest BCUT2D eigenvalue weighted by atomic mass is 9.92. The Bertz CT molecular complexity index is 527. The van der Waals surface area contributed by atoms with E-state index in [-0.39, 0.29) is 0 Å². The van der Waals surface area contributed by atoms with Gasteiger partial charge in [-0.15, -0.1) is 0 Å². The Morgan fingerprint density at radius 1 is 1.00 bits per heavy atom. The van der Waals surface area contributed by atoms with Crippen LogP contribution in [0.15, 0.2) is 42.5 Å². The van der Waals surface area contributed by atoms with Gasteiger partial charge >= 0.3 is 0 Å². The van der Waals surface area contributed by atoms with Gasteiger partial charge in [-0.1, -0.05) is 50.2 Å². The fraction of sp³-hybridized carbons (Fsp3) is 0.250. The standard InChI is InChI=1S/C16H17I/c1-11(2)14-6-4-5-7-15(14)13-9-8-12(3)16(17)10-13/h4-11H,1-3H3. The fourth-order valence-corrected chi connectivity index (χ4v) is 2.54. The van der Waals surface area contributed by atoms with Gasteiger partial charge in [0.1, 0.15) is 0 Å². The van der Waals surface area contributed by atoms with Crippen LogP contribution in [0.1, 0.15) is 30.9 Å². The molecule has 0 N–H and O–H groups in total. The Labute approximate surface area is 117 Å². The van der Waals surface area contributed by atoms with Gasteiger partial charge in [0.2, 0.25) is 0 Å². The molecule has 17 heavy (non-hydrogen) atoms. The van der Waals surface area contributed by atoms with E-state index >= 15 is 0 Å². The van der Waals surface area contributed by atoms with Crippen LogP contribution >= 0.6 is 22.6 Å². The van der Waals surface area contributed by atoms with Gasteiger partial charge in [0.05, 0.1) is 0 Å². The normalized spacial score (nSPS) is 10.9. The molecule has 0 fully saturated rings. The summed E-state index contributed by atoms with van der Waals surface area (Å²) in [5.74, 6) is 0.560. The van der Waals surface area contributed by atoms with Gasteiger partial charge < -0.3 is 0 Å². The van der Waals surface area contributed by atoms with Crippen LogP contribution in [-0.2, 0) is 0 Å². The third-order valence-electron chi connectivity index (χ3n) is 3.07. The summed E-state index contributed by atoms with van der Waals surface area (Å²) in [5, 5.41) is 0. The second kappa shape index (κ2) is 5.21. The highest BCUT2D eigenvalue weighted by molar-refractivity contribution is 14.1. The van der Waals surface area contributed by atoms with Crippen LogP contribution in [0.25, 0.3) is 11.1 Å². The molecule has 0 aliphatic carbocycles. The summed E-state index contributed by atoms with van der Waals surface area (Å²) in [7, 11) is 0. The van der Waals surface area contributed by atoms with Crippen LogP contribution < -0.4 is 0 Å². The van der Waals surface area contributed by atoms with Crippen molar-refractivity contribution >= 4 is 22.6 Å². The topological polar surface area (TPSA) is 0 Å². The molecule has 0 spiro atoms. The van der Waals surface area contributed by atoms with Gasteiger partial charge in [-0.2, -0.15) is 0 Å². The van der Waals surface area contributed by atoms with Crippen molar-refractivity contribution in [2.24, 2.45) is 0 Å². The number of halogens is 1. The van der Waals surface area contributed by atoms with E-state index in [0.29, 0.717) is 5.92 Å². The number of hydrogen-bond donors (Lipinski definition) is 0. The lowest BCUT2D eigenvalue weighted by Crippen LogP contribution is -1.92. The summed E-state index contributed by atoms with van der Waals surface area (Å²) in [6.45, 7) is 6.65. The summed E-state index contributed by atoms with van der Waals surface area (Å²) in [4.78, 5) is 0. The first kappa shape index (κ1) is 12.6. The largest absolute Gasteiger partial charge is 0.0619 e. The highest BCUT2D eigenvalue weighted by Gasteiger charge is 2.08. The third kappa shape index (κ3) is 2.71. The lowest BCUT2D eigenvalue weighted by Gasteiger charge is -2.13. The van der Waals surface area contributed by atoms with Crippen molar-refractivity contribution in [3.63, 3.8) is 0 Å². The summed E-state index contributed by atoms with van der Waals surface area (Å²) in [6, 6.07) is 15.4. The number of hydrogen-bond acceptors (Lipinski definition) is 0. The molecule has 0 radical (unpaired) electrons. The Morgan fingerprint density at radius 3 is 2.35 bits per heavy atom. The van der Waals surface area contributed by atoms with Gasteiger partial charge in [-0.05, 0) is 63.8 Å². The molecule has 0 saturated carbocycles. The number of aryl methyl sites for hydroxylation is 1. The molecular formula is C16H17I. The van der Waals surface area contributed by atoms with Crippen LogP contribution in [-0.4, -0.2) is 0 Å². The van der Waals surface area contributed by atoms with Crippen molar-refractivity contribution in [2.45, 2.75) is 26.7 Å². The maximum atomic E-state index is 2.41. The Morgan fingerprint density at radius 2 is 1.71 bits per heavy atom.